The zero-order valence-corrected chi connectivity index (χ0v) is 15.7. The molecule has 3 aromatic rings. The molecule has 0 aliphatic carbocycles. The first-order valence-corrected chi connectivity index (χ1v) is 9.05. The van der Waals surface area contributed by atoms with E-state index in [-0.39, 0.29) is 23.0 Å². The number of amides is 1. The highest BCUT2D eigenvalue weighted by atomic mass is 19.1. The van der Waals surface area contributed by atoms with Gasteiger partial charge in [-0.25, -0.2) is 14.0 Å². The smallest absolute Gasteiger partial charge is 0.371 e. The molecule has 0 unspecified atom stereocenters. The zero-order chi connectivity index (χ0) is 20.7. The van der Waals surface area contributed by atoms with Crippen LogP contribution in [0.25, 0.3) is 27.6 Å². The van der Waals surface area contributed by atoms with E-state index in [1.165, 1.54) is 6.07 Å². The van der Waals surface area contributed by atoms with E-state index in [2.05, 4.69) is 15.0 Å². The summed E-state index contributed by atoms with van der Waals surface area (Å²) in [7, 11) is 0. The van der Waals surface area contributed by atoms with Gasteiger partial charge in [0, 0.05) is 16.6 Å². The Labute approximate surface area is 165 Å². The third kappa shape index (κ3) is 3.31. The lowest BCUT2D eigenvalue weighted by Crippen LogP contribution is -2.20. The third-order valence-electron chi connectivity index (χ3n) is 4.80. The number of aromatic nitrogens is 1. The number of aromatic amines is 1. The number of hydrogen-bond donors (Lipinski definition) is 2. The van der Waals surface area contributed by atoms with Gasteiger partial charge in [-0.05, 0) is 46.7 Å². The van der Waals surface area contributed by atoms with Crippen LogP contribution < -0.4 is 10.9 Å². The molecule has 0 atom stereocenters. The molecule has 0 bridgehead atoms. The molecule has 1 saturated heterocycles. The first kappa shape index (κ1) is 18.6. The van der Waals surface area contributed by atoms with Crippen molar-refractivity contribution in [1.82, 2.24) is 10.3 Å². The van der Waals surface area contributed by atoms with Gasteiger partial charge in [-0.3, -0.25) is 10.1 Å². The number of fused-ring (bicyclic) bond motifs is 1. The van der Waals surface area contributed by atoms with E-state index < -0.39 is 17.6 Å². The van der Waals surface area contributed by atoms with E-state index in [1.807, 2.05) is 6.07 Å². The van der Waals surface area contributed by atoms with Gasteiger partial charge in [0.15, 0.2) is 0 Å². The maximum absolute atomic E-state index is 14.1. The van der Waals surface area contributed by atoms with Crippen LogP contribution in [0.4, 0.5) is 9.18 Å². The van der Waals surface area contributed by atoms with Crippen LogP contribution in [0.3, 0.4) is 0 Å². The van der Waals surface area contributed by atoms with Crippen LogP contribution in [0.1, 0.15) is 19.4 Å². The molecule has 29 heavy (non-hydrogen) atoms. The molecule has 1 aliphatic rings. The summed E-state index contributed by atoms with van der Waals surface area (Å²) in [6.45, 7) is 3.61. The minimum Gasteiger partial charge on any atom is -0.371 e. The molecule has 2 N–H and O–H groups in total. The number of hydrogen-bond acceptors (Lipinski definition) is 4. The van der Waals surface area contributed by atoms with E-state index in [0.717, 1.165) is 5.39 Å². The molecule has 4 rings (SSSR count). The lowest BCUT2D eigenvalue weighted by atomic mass is 9.93. The van der Waals surface area contributed by atoms with Crippen molar-refractivity contribution in [1.29, 1.82) is 0 Å². The Hall–Kier alpha value is -3.74. The van der Waals surface area contributed by atoms with Crippen molar-refractivity contribution < 1.29 is 18.7 Å². The Morgan fingerprint density at radius 2 is 1.83 bits per heavy atom. The summed E-state index contributed by atoms with van der Waals surface area (Å²) >= 11 is 0. The summed E-state index contributed by atoms with van der Waals surface area (Å²) in [6, 6.07) is 13.4. The Bertz CT molecular complexity index is 1260. The molecule has 1 amide bonds. The third-order valence-corrected chi connectivity index (χ3v) is 4.80. The summed E-state index contributed by atoms with van der Waals surface area (Å²) in [5.41, 5.74) is 1.34. The highest BCUT2D eigenvalue weighted by molar-refractivity contribution is 6.09. The van der Waals surface area contributed by atoms with Crippen LogP contribution in [0, 0.1) is 11.7 Å². The van der Waals surface area contributed by atoms with Crippen LogP contribution in [0.5, 0.6) is 0 Å². The number of cyclic esters (lactones) is 2. The first-order chi connectivity index (χ1) is 13.8. The normalized spacial score (nSPS) is 15.6. The molecule has 6 nitrogen and oxygen atoms in total. The number of rotatable bonds is 3. The number of esters is 1. The summed E-state index contributed by atoms with van der Waals surface area (Å²) in [4.78, 5) is 38.9. The van der Waals surface area contributed by atoms with Crippen LogP contribution in [-0.2, 0) is 9.53 Å². The van der Waals surface area contributed by atoms with Gasteiger partial charge in [-0.15, -0.1) is 0 Å². The van der Waals surface area contributed by atoms with Crippen molar-refractivity contribution in [2.24, 2.45) is 5.92 Å². The number of H-pyrrole nitrogens is 1. The van der Waals surface area contributed by atoms with Crippen LogP contribution in [0.15, 0.2) is 59.0 Å². The fraction of sp³-hybridized carbons (Fsp3) is 0.136. The quantitative estimate of drug-likeness (QED) is 0.401. The van der Waals surface area contributed by atoms with Crippen molar-refractivity contribution >= 4 is 28.4 Å². The van der Waals surface area contributed by atoms with Crippen LogP contribution in [-0.4, -0.2) is 17.0 Å². The summed E-state index contributed by atoms with van der Waals surface area (Å²) in [6.07, 6.45) is -0.866. The van der Waals surface area contributed by atoms with E-state index in [1.54, 1.807) is 50.2 Å². The molecule has 2 heterocycles. The SMILES string of the molecule is CC(C)/C(=C1\NC(=O)OC1=O)c1ccc(-c2ccc3cccc(F)c3c2)[nH]c1=O. The molecule has 1 fully saturated rings. The van der Waals surface area contributed by atoms with Gasteiger partial charge in [-0.2, -0.15) is 0 Å². The minimum atomic E-state index is -0.866. The van der Waals surface area contributed by atoms with Gasteiger partial charge in [0.25, 0.3) is 5.56 Å². The Morgan fingerprint density at radius 1 is 1.03 bits per heavy atom. The van der Waals surface area contributed by atoms with Crippen molar-refractivity contribution in [3.05, 3.63) is 76.0 Å². The number of ether oxygens (including phenoxy) is 1. The number of allylic oxidation sites excluding steroid dienone is 1. The number of benzene rings is 2. The molecular formula is C22H17FN2O4. The molecule has 2 aromatic carbocycles. The summed E-state index contributed by atoms with van der Waals surface area (Å²) in [5.74, 6) is -1.38. The number of carbonyl (C=O) groups excluding carboxylic acids is 2. The summed E-state index contributed by atoms with van der Waals surface area (Å²) < 4.78 is 18.6. The maximum atomic E-state index is 14.1. The number of halogens is 1. The number of nitrogens with one attached hydrogen (secondary N) is 2. The number of carbonyl (C=O) groups is 2. The fourth-order valence-corrected chi connectivity index (χ4v) is 3.48. The Kier molecular flexibility index (Phi) is 4.50. The fourth-order valence-electron chi connectivity index (χ4n) is 3.48. The van der Waals surface area contributed by atoms with Crippen LogP contribution >= 0.6 is 0 Å². The second-order valence-corrected chi connectivity index (χ2v) is 7.04. The van der Waals surface area contributed by atoms with Crippen LogP contribution in [0.2, 0.25) is 0 Å². The lowest BCUT2D eigenvalue weighted by Gasteiger charge is -2.13. The molecule has 0 radical (unpaired) electrons. The molecule has 7 heteroatoms. The minimum absolute atomic E-state index is 0.0315. The van der Waals surface area contributed by atoms with E-state index in [4.69, 9.17) is 0 Å². The Morgan fingerprint density at radius 3 is 2.48 bits per heavy atom. The molecule has 0 spiro atoms. The molecular weight excluding hydrogens is 375 g/mol. The van der Waals surface area contributed by atoms with E-state index in [0.29, 0.717) is 22.2 Å². The topological polar surface area (TPSA) is 88.3 Å². The molecule has 0 saturated carbocycles. The van der Waals surface area contributed by atoms with Crippen molar-refractivity contribution in [3.63, 3.8) is 0 Å². The van der Waals surface area contributed by atoms with E-state index in [9.17, 15) is 18.8 Å². The van der Waals surface area contributed by atoms with Crippen molar-refractivity contribution in [3.8, 4) is 11.3 Å². The number of pyridine rings is 1. The highest BCUT2D eigenvalue weighted by Gasteiger charge is 2.31. The monoisotopic (exact) mass is 392 g/mol. The van der Waals surface area contributed by atoms with Crippen molar-refractivity contribution in [2.45, 2.75) is 13.8 Å². The Balaban J connectivity index is 1.82. The van der Waals surface area contributed by atoms with Gasteiger partial charge in [0.2, 0.25) is 0 Å². The largest absolute Gasteiger partial charge is 0.419 e. The predicted octanol–water partition coefficient (Wildman–Crippen LogP) is 3.97. The molecule has 1 aliphatic heterocycles. The molecule has 1 aromatic heterocycles. The molecule has 146 valence electrons. The maximum Gasteiger partial charge on any atom is 0.419 e. The van der Waals surface area contributed by atoms with Gasteiger partial charge in [0.1, 0.15) is 11.5 Å². The van der Waals surface area contributed by atoms with E-state index >= 15 is 0 Å². The lowest BCUT2D eigenvalue weighted by molar-refractivity contribution is -0.130. The van der Waals surface area contributed by atoms with Crippen molar-refractivity contribution in [2.75, 3.05) is 0 Å². The van der Waals surface area contributed by atoms with Gasteiger partial charge >= 0.3 is 12.1 Å². The average molecular weight is 392 g/mol. The number of alkyl carbamates (subject to hydrolysis) is 1. The highest BCUT2D eigenvalue weighted by Crippen LogP contribution is 2.28. The summed E-state index contributed by atoms with van der Waals surface area (Å²) in [5, 5.41) is 3.57. The zero-order valence-electron chi connectivity index (χ0n) is 15.7. The van der Waals surface area contributed by atoms with Gasteiger partial charge in [-0.1, -0.05) is 38.1 Å². The average Bonchev–Trinajstić information content (AvgIpc) is 3.01. The predicted molar refractivity (Wildman–Crippen MR) is 106 cm³/mol. The second-order valence-electron chi connectivity index (χ2n) is 7.04. The first-order valence-electron chi connectivity index (χ1n) is 9.05. The standard InChI is InChI=1S/C22H17FN2O4/c1-11(2)18(19-21(27)29-22(28)25-19)14-8-9-17(24-20(14)26)13-7-6-12-4-3-5-16(23)15(12)10-13/h3-11H,1-2H3,(H,24,26)(H,25,28)/b19-18+. The second kappa shape index (κ2) is 7.01. The van der Waals surface area contributed by atoms with Gasteiger partial charge < -0.3 is 9.72 Å². The van der Waals surface area contributed by atoms with Gasteiger partial charge in [0.05, 0.1) is 0 Å².